The monoisotopic (exact) mass is 371 g/mol. The van der Waals surface area contributed by atoms with E-state index in [1.807, 2.05) is 36.4 Å². The van der Waals surface area contributed by atoms with Crippen LogP contribution in [0, 0.1) is 0 Å². The highest BCUT2D eigenvalue weighted by atomic mass is 35.5. The molecule has 0 saturated heterocycles. The molecule has 0 saturated carbocycles. The van der Waals surface area contributed by atoms with Gasteiger partial charge in [-0.3, -0.25) is 4.79 Å². The highest BCUT2D eigenvalue weighted by molar-refractivity contribution is 7.16. The number of thiazole rings is 1. The number of hydrazone groups is 1. The number of amides is 1. The molecule has 1 amide bonds. The third-order valence-electron chi connectivity index (χ3n) is 3.32. The van der Waals surface area contributed by atoms with Crippen molar-refractivity contribution in [2.45, 2.75) is 0 Å². The zero-order valence-electron chi connectivity index (χ0n) is 13.3. The molecular weight excluding hydrogens is 358 g/mol. The van der Waals surface area contributed by atoms with Crippen LogP contribution in [0.25, 0.3) is 10.6 Å². The number of carbonyl (C=O) groups excluding carboxylic acids is 1. The predicted octanol–water partition coefficient (Wildman–Crippen LogP) is 4.24. The first-order valence-electron chi connectivity index (χ1n) is 7.35. The number of hydrogen-bond acceptors (Lipinski definition) is 5. The van der Waals surface area contributed by atoms with Crippen molar-refractivity contribution in [2.75, 3.05) is 7.11 Å². The van der Waals surface area contributed by atoms with Gasteiger partial charge in [0.25, 0.3) is 5.91 Å². The molecule has 2 aromatic carbocycles. The van der Waals surface area contributed by atoms with E-state index in [1.165, 1.54) is 17.5 Å². The summed E-state index contributed by atoms with van der Waals surface area (Å²) in [5, 5.41) is 5.37. The van der Waals surface area contributed by atoms with Crippen LogP contribution in [-0.2, 0) is 0 Å². The van der Waals surface area contributed by atoms with Crippen LogP contribution in [0.4, 0.5) is 0 Å². The number of aromatic nitrogens is 1. The summed E-state index contributed by atoms with van der Waals surface area (Å²) in [6.45, 7) is 0. The third kappa shape index (κ3) is 4.43. The predicted molar refractivity (Wildman–Crippen MR) is 101 cm³/mol. The Labute approximate surface area is 153 Å². The SMILES string of the molecule is COc1ccc(/C=N/NC(=O)c2cnc(-c3ccc(Cl)cc3)s2)cc1. The molecule has 0 aliphatic carbocycles. The van der Waals surface area contributed by atoms with E-state index in [9.17, 15) is 4.79 Å². The molecule has 3 rings (SSSR count). The Bertz CT molecular complexity index is 889. The average Bonchev–Trinajstić information content (AvgIpc) is 3.13. The van der Waals surface area contributed by atoms with Gasteiger partial charge in [0.05, 0.1) is 19.5 Å². The maximum atomic E-state index is 12.1. The fourth-order valence-corrected chi connectivity index (χ4v) is 2.95. The van der Waals surface area contributed by atoms with Gasteiger partial charge in [-0.05, 0) is 42.0 Å². The molecule has 1 N–H and O–H groups in total. The number of ether oxygens (including phenoxy) is 1. The Balaban J connectivity index is 1.63. The molecule has 7 heteroatoms. The topological polar surface area (TPSA) is 63.6 Å². The van der Waals surface area contributed by atoms with Gasteiger partial charge in [0.1, 0.15) is 15.6 Å². The van der Waals surface area contributed by atoms with Crippen LogP contribution < -0.4 is 10.2 Å². The molecule has 0 aliphatic heterocycles. The van der Waals surface area contributed by atoms with Crippen molar-refractivity contribution in [2.24, 2.45) is 5.10 Å². The molecule has 0 bridgehead atoms. The van der Waals surface area contributed by atoms with Crippen LogP contribution in [-0.4, -0.2) is 24.2 Å². The molecule has 5 nitrogen and oxygen atoms in total. The van der Waals surface area contributed by atoms with Crippen molar-refractivity contribution in [3.05, 3.63) is 70.2 Å². The molecule has 0 spiro atoms. The van der Waals surface area contributed by atoms with Crippen molar-refractivity contribution in [3.8, 4) is 16.3 Å². The van der Waals surface area contributed by atoms with Crippen LogP contribution in [0.2, 0.25) is 5.02 Å². The third-order valence-corrected chi connectivity index (χ3v) is 4.61. The Hall–Kier alpha value is -2.70. The summed E-state index contributed by atoms with van der Waals surface area (Å²) in [5.41, 5.74) is 4.26. The van der Waals surface area contributed by atoms with E-state index in [4.69, 9.17) is 16.3 Å². The zero-order valence-corrected chi connectivity index (χ0v) is 14.8. The van der Waals surface area contributed by atoms with Crippen molar-refractivity contribution in [1.82, 2.24) is 10.4 Å². The summed E-state index contributed by atoms with van der Waals surface area (Å²) in [4.78, 5) is 16.9. The van der Waals surface area contributed by atoms with E-state index in [0.717, 1.165) is 21.9 Å². The van der Waals surface area contributed by atoms with E-state index in [0.29, 0.717) is 9.90 Å². The van der Waals surface area contributed by atoms with E-state index in [1.54, 1.807) is 25.5 Å². The molecule has 1 aromatic heterocycles. The number of methoxy groups -OCH3 is 1. The minimum absolute atomic E-state index is 0.303. The first-order valence-corrected chi connectivity index (χ1v) is 8.54. The quantitative estimate of drug-likeness (QED) is 0.539. The normalized spacial score (nSPS) is 10.8. The smallest absolute Gasteiger partial charge is 0.283 e. The summed E-state index contributed by atoms with van der Waals surface area (Å²) in [5.74, 6) is 0.461. The fraction of sp³-hybridized carbons (Fsp3) is 0.0556. The van der Waals surface area contributed by atoms with Crippen LogP contribution in [0.1, 0.15) is 15.2 Å². The van der Waals surface area contributed by atoms with E-state index in [2.05, 4.69) is 15.5 Å². The molecule has 0 radical (unpaired) electrons. The second kappa shape index (κ2) is 7.92. The summed E-state index contributed by atoms with van der Waals surface area (Å²) >= 11 is 7.17. The van der Waals surface area contributed by atoms with E-state index >= 15 is 0 Å². The largest absolute Gasteiger partial charge is 0.497 e. The number of halogens is 1. The molecule has 25 heavy (non-hydrogen) atoms. The highest BCUT2D eigenvalue weighted by Gasteiger charge is 2.11. The molecule has 1 heterocycles. The summed E-state index contributed by atoms with van der Waals surface area (Å²) in [6, 6.07) is 14.7. The first kappa shape index (κ1) is 17.1. The molecule has 3 aromatic rings. The maximum absolute atomic E-state index is 12.1. The number of nitrogens with one attached hydrogen (secondary N) is 1. The molecule has 0 fully saturated rings. The Kier molecular flexibility index (Phi) is 5.42. The number of rotatable bonds is 5. The second-order valence-electron chi connectivity index (χ2n) is 5.01. The molecule has 0 atom stereocenters. The molecule has 0 unspecified atom stereocenters. The first-order chi connectivity index (χ1) is 12.2. The summed E-state index contributed by atoms with van der Waals surface area (Å²) in [6.07, 6.45) is 3.10. The van der Waals surface area contributed by atoms with E-state index in [-0.39, 0.29) is 5.91 Å². The lowest BCUT2D eigenvalue weighted by molar-refractivity contribution is 0.0959. The minimum Gasteiger partial charge on any atom is -0.497 e. The van der Waals surface area contributed by atoms with Crippen molar-refractivity contribution >= 4 is 35.1 Å². The van der Waals surface area contributed by atoms with Gasteiger partial charge < -0.3 is 4.74 Å². The molecule has 126 valence electrons. The Morgan fingerprint density at radius 3 is 2.60 bits per heavy atom. The van der Waals surface area contributed by atoms with Crippen LogP contribution in [0.15, 0.2) is 59.8 Å². The van der Waals surface area contributed by atoms with Crippen LogP contribution in [0.5, 0.6) is 5.75 Å². The number of benzene rings is 2. The maximum Gasteiger partial charge on any atom is 0.283 e. The average molecular weight is 372 g/mol. The lowest BCUT2D eigenvalue weighted by Crippen LogP contribution is -2.16. The van der Waals surface area contributed by atoms with Crippen LogP contribution >= 0.6 is 22.9 Å². The van der Waals surface area contributed by atoms with Gasteiger partial charge in [-0.1, -0.05) is 23.7 Å². The standard InChI is InChI=1S/C18H14ClN3O2S/c1-24-15-8-2-12(3-9-15)10-21-22-17(23)16-11-20-18(25-16)13-4-6-14(19)7-5-13/h2-11H,1H3,(H,22,23)/b21-10+. The van der Waals surface area contributed by atoms with Crippen molar-refractivity contribution in [3.63, 3.8) is 0 Å². The molecule has 0 aliphatic rings. The fourth-order valence-electron chi connectivity index (χ4n) is 2.02. The number of hydrogen-bond donors (Lipinski definition) is 1. The van der Waals surface area contributed by atoms with Gasteiger partial charge >= 0.3 is 0 Å². The minimum atomic E-state index is -0.303. The highest BCUT2D eigenvalue weighted by Crippen LogP contribution is 2.26. The number of nitrogens with zero attached hydrogens (tertiary/aromatic N) is 2. The lowest BCUT2D eigenvalue weighted by Gasteiger charge is -1.99. The van der Waals surface area contributed by atoms with Crippen molar-refractivity contribution in [1.29, 1.82) is 0 Å². The summed E-state index contributed by atoms with van der Waals surface area (Å²) < 4.78 is 5.09. The Morgan fingerprint density at radius 1 is 1.20 bits per heavy atom. The van der Waals surface area contributed by atoms with Gasteiger partial charge in [-0.15, -0.1) is 11.3 Å². The number of carbonyl (C=O) groups is 1. The van der Waals surface area contributed by atoms with Gasteiger partial charge in [0.15, 0.2) is 0 Å². The Morgan fingerprint density at radius 2 is 1.92 bits per heavy atom. The summed E-state index contributed by atoms with van der Waals surface area (Å²) in [7, 11) is 1.61. The van der Waals surface area contributed by atoms with Gasteiger partial charge in [0.2, 0.25) is 0 Å². The van der Waals surface area contributed by atoms with Gasteiger partial charge in [0, 0.05) is 10.6 Å². The van der Waals surface area contributed by atoms with Gasteiger partial charge in [-0.2, -0.15) is 5.10 Å². The second-order valence-corrected chi connectivity index (χ2v) is 6.48. The van der Waals surface area contributed by atoms with Crippen molar-refractivity contribution < 1.29 is 9.53 Å². The van der Waals surface area contributed by atoms with Gasteiger partial charge in [-0.25, -0.2) is 10.4 Å². The lowest BCUT2D eigenvalue weighted by atomic mass is 10.2. The van der Waals surface area contributed by atoms with E-state index < -0.39 is 0 Å². The molecular formula is C18H14ClN3O2S. The van der Waals surface area contributed by atoms with Crippen LogP contribution in [0.3, 0.4) is 0 Å². The zero-order chi connectivity index (χ0) is 17.6.